The Bertz CT molecular complexity index is 857. The van der Waals surface area contributed by atoms with Gasteiger partial charge in [0.15, 0.2) is 0 Å². The Hall–Kier alpha value is -1.97. The molecule has 2 amide bonds. The van der Waals surface area contributed by atoms with Crippen LogP contribution in [0.5, 0.6) is 0 Å². The number of hydrogen-bond donors (Lipinski definition) is 0. The van der Waals surface area contributed by atoms with Crippen LogP contribution in [0.3, 0.4) is 0 Å². The van der Waals surface area contributed by atoms with Gasteiger partial charge in [0, 0.05) is 45.2 Å². The van der Waals surface area contributed by atoms with Gasteiger partial charge in [-0.25, -0.2) is 8.42 Å². The van der Waals surface area contributed by atoms with Gasteiger partial charge in [0.25, 0.3) is 0 Å². The minimum atomic E-state index is -3.39. The van der Waals surface area contributed by atoms with Crippen molar-refractivity contribution in [1.82, 2.24) is 19.0 Å². The fourth-order valence-electron chi connectivity index (χ4n) is 4.51. The van der Waals surface area contributed by atoms with Crippen molar-refractivity contribution in [1.29, 1.82) is 0 Å². The van der Waals surface area contributed by atoms with Crippen molar-refractivity contribution < 1.29 is 18.0 Å². The van der Waals surface area contributed by atoms with Crippen molar-refractivity contribution in [2.24, 2.45) is 5.92 Å². The molecule has 0 saturated carbocycles. The van der Waals surface area contributed by atoms with Crippen LogP contribution in [0.25, 0.3) is 0 Å². The number of amides is 2. The summed E-state index contributed by atoms with van der Waals surface area (Å²) in [5.41, 5.74) is 0.772. The number of likely N-dealkylation sites (tertiary alicyclic amines) is 1. The molecule has 0 unspecified atom stereocenters. The van der Waals surface area contributed by atoms with E-state index in [1.54, 1.807) is 4.90 Å². The zero-order valence-corrected chi connectivity index (χ0v) is 20.1. The van der Waals surface area contributed by atoms with E-state index in [2.05, 4.69) is 4.90 Å². The number of benzene rings is 1. The van der Waals surface area contributed by atoms with Crippen molar-refractivity contribution in [3.8, 4) is 0 Å². The molecule has 2 aliphatic rings. The monoisotopic (exact) mass is 464 g/mol. The number of sulfonamides is 1. The van der Waals surface area contributed by atoms with Crippen LogP contribution >= 0.6 is 0 Å². The molecule has 2 saturated heterocycles. The third-order valence-corrected chi connectivity index (χ3v) is 8.40. The molecule has 32 heavy (non-hydrogen) atoms. The number of nitrogens with zero attached hydrogens (tertiary/aromatic N) is 4. The fourth-order valence-corrected chi connectivity index (χ4v) is 6.03. The largest absolute Gasteiger partial charge is 0.343 e. The minimum absolute atomic E-state index is 0.0110. The highest BCUT2D eigenvalue weighted by atomic mass is 32.2. The fraction of sp³-hybridized carbons (Fsp3) is 0.652. The zero-order chi connectivity index (χ0) is 23.1. The number of rotatable bonds is 8. The predicted octanol–water partition coefficient (Wildman–Crippen LogP) is 1.24. The first-order valence-corrected chi connectivity index (χ1v) is 13.3. The molecule has 1 aromatic carbocycles. The summed E-state index contributed by atoms with van der Waals surface area (Å²) in [5.74, 6) is 0.315. The van der Waals surface area contributed by atoms with E-state index in [1.165, 1.54) is 4.31 Å². The number of piperidine rings is 1. The first kappa shape index (κ1) is 24.7. The summed E-state index contributed by atoms with van der Waals surface area (Å²) in [7, 11) is -3.39. The first-order chi connectivity index (χ1) is 15.3. The molecule has 8 nitrogen and oxygen atoms in total. The zero-order valence-electron chi connectivity index (χ0n) is 19.3. The third-order valence-electron chi connectivity index (χ3n) is 6.55. The van der Waals surface area contributed by atoms with Crippen LogP contribution in [0.4, 0.5) is 0 Å². The number of hydrogen-bond acceptors (Lipinski definition) is 5. The lowest BCUT2D eigenvalue weighted by atomic mass is 9.95. The van der Waals surface area contributed by atoms with Crippen LogP contribution in [0.15, 0.2) is 30.3 Å². The quantitative estimate of drug-likeness (QED) is 0.578. The molecular weight excluding hydrogens is 428 g/mol. The van der Waals surface area contributed by atoms with Gasteiger partial charge >= 0.3 is 0 Å². The molecule has 2 aliphatic heterocycles. The third kappa shape index (κ3) is 6.30. The lowest BCUT2D eigenvalue weighted by Crippen LogP contribution is -2.53. The van der Waals surface area contributed by atoms with Crippen LogP contribution in [0.1, 0.15) is 32.3 Å². The lowest BCUT2D eigenvalue weighted by Gasteiger charge is -2.37. The van der Waals surface area contributed by atoms with Gasteiger partial charge < -0.3 is 9.80 Å². The molecule has 0 aromatic heterocycles. The van der Waals surface area contributed by atoms with Gasteiger partial charge in [-0.15, -0.1) is 0 Å². The molecule has 0 aliphatic carbocycles. The summed E-state index contributed by atoms with van der Waals surface area (Å²) in [5, 5.41) is 0. The second-order valence-corrected chi connectivity index (χ2v) is 10.6. The smallest absolute Gasteiger partial charge is 0.236 e. The number of carbonyl (C=O) groups is 2. The molecule has 0 bridgehead atoms. The van der Waals surface area contributed by atoms with E-state index < -0.39 is 10.0 Å². The minimum Gasteiger partial charge on any atom is -0.343 e. The molecule has 0 spiro atoms. The van der Waals surface area contributed by atoms with Crippen LogP contribution < -0.4 is 0 Å². The molecule has 1 aromatic rings. The summed E-state index contributed by atoms with van der Waals surface area (Å²) in [6.45, 7) is 8.81. The lowest BCUT2D eigenvalue weighted by molar-refractivity contribution is -0.137. The van der Waals surface area contributed by atoms with E-state index in [9.17, 15) is 18.0 Å². The summed E-state index contributed by atoms with van der Waals surface area (Å²) < 4.78 is 26.9. The van der Waals surface area contributed by atoms with Crippen molar-refractivity contribution in [2.75, 3.05) is 58.9 Å². The van der Waals surface area contributed by atoms with Crippen molar-refractivity contribution in [3.05, 3.63) is 35.9 Å². The topological polar surface area (TPSA) is 81.2 Å². The predicted molar refractivity (Wildman–Crippen MR) is 124 cm³/mol. The molecule has 3 rings (SSSR count). The Labute approximate surface area is 192 Å². The maximum absolute atomic E-state index is 12.8. The highest BCUT2D eigenvalue weighted by Gasteiger charge is 2.31. The molecule has 0 radical (unpaired) electrons. The molecule has 2 fully saturated rings. The van der Waals surface area contributed by atoms with Gasteiger partial charge in [0.1, 0.15) is 0 Å². The SMILES string of the molecule is CCN(CC)C(=O)C1CCN(CC(=O)N2CCN(S(=O)(=O)Cc3ccccc3)CC2)CC1. The number of carbonyl (C=O) groups excluding carboxylic acids is 2. The van der Waals surface area contributed by atoms with E-state index in [0.717, 1.165) is 44.6 Å². The van der Waals surface area contributed by atoms with Crippen LogP contribution in [0, 0.1) is 5.92 Å². The second-order valence-electron chi connectivity index (χ2n) is 8.58. The normalized spacial score (nSPS) is 19.1. The van der Waals surface area contributed by atoms with Gasteiger partial charge in [-0.3, -0.25) is 14.5 Å². The van der Waals surface area contributed by atoms with Crippen LogP contribution in [-0.4, -0.2) is 98.1 Å². The molecular formula is C23H36N4O4S. The molecule has 9 heteroatoms. The Morgan fingerprint density at radius 1 is 0.938 bits per heavy atom. The molecule has 178 valence electrons. The van der Waals surface area contributed by atoms with Gasteiger partial charge in [-0.05, 0) is 45.3 Å². The van der Waals surface area contributed by atoms with Crippen LogP contribution in [-0.2, 0) is 25.4 Å². The highest BCUT2D eigenvalue weighted by Crippen LogP contribution is 2.20. The van der Waals surface area contributed by atoms with E-state index in [-0.39, 0.29) is 23.5 Å². The van der Waals surface area contributed by atoms with E-state index in [1.807, 2.05) is 49.1 Å². The summed E-state index contributed by atoms with van der Waals surface area (Å²) >= 11 is 0. The van der Waals surface area contributed by atoms with Crippen molar-refractivity contribution >= 4 is 21.8 Å². The Balaban J connectivity index is 1.43. The summed E-state index contributed by atoms with van der Waals surface area (Å²) in [4.78, 5) is 31.1. The van der Waals surface area contributed by atoms with Gasteiger partial charge in [0.2, 0.25) is 21.8 Å². The first-order valence-electron chi connectivity index (χ1n) is 11.6. The molecule has 2 heterocycles. The van der Waals surface area contributed by atoms with Gasteiger partial charge in [-0.2, -0.15) is 4.31 Å². The van der Waals surface area contributed by atoms with E-state index in [0.29, 0.717) is 32.7 Å². The van der Waals surface area contributed by atoms with Gasteiger partial charge in [-0.1, -0.05) is 30.3 Å². The second kappa shape index (κ2) is 11.2. The average molecular weight is 465 g/mol. The Morgan fingerprint density at radius 3 is 2.09 bits per heavy atom. The Morgan fingerprint density at radius 2 is 1.53 bits per heavy atom. The molecule has 0 N–H and O–H groups in total. The van der Waals surface area contributed by atoms with E-state index >= 15 is 0 Å². The maximum Gasteiger partial charge on any atom is 0.236 e. The maximum atomic E-state index is 12.8. The van der Waals surface area contributed by atoms with Crippen LogP contribution in [0.2, 0.25) is 0 Å². The molecule has 0 atom stereocenters. The van der Waals surface area contributed by atoms with E-state index in [4.69, 9.17) is 0 Å². The summed E-state index contributed by atoms with van der Waals surface area (Å²) in [6, 6.07) is 9.17. The Kier molecular flexibility index (Phi) is 8.67. The van der Waals surface area contributed by atoms with Gasteiger partial charge in [0.05, 0.1) is 12.3 Å². The standard InChI is InChI=1S/C23H36N4O4S/c1-3-25(4-2)23(29)21-10-12-24(13-11-21)18-22(28)26-14-16-27(17-15-26)32(30,31)19-20-8-6-5-7-9-20/h5-9,21H,3-4,10-19H2,1-2H3. The number of piperazine rings is 1. The average Bonchev–Trinajstić information content (AvgIpc) is 2.80. The van der Waals surface area contributed by atoms with Crippen molar-refractivity contribution in [3.63, 3.8) is 0 Å². The highest BCUT2D eigenvalue weighted by molar-refractivity contribution is 7.88. The van der Waals surface area contributed by atoms with Crippen molar-refractivity contribution in [2.45, 2.75) is 32.4 Å². The summed E-state index contributed by atoms with van der Waals surface area (Å²) in [6.07, 6.45) is 1.57.